The molecule has 0 N–H and O–H groups in total. The molecular weight excluding hydrogens is 484 g/mol. The summed E-state index contributed by atoms with van der Waals surface area (Å²) in [6, 6.07) is 22.2. The smallest absolute Gasteiger partial charge is 0.338 e. The van der Waals surface area contributed by atoms with Crippen molar-refractivity contribution < 1.29 is 23.8 Å². The van der Waals surface area contributed by atoms with Crippen LogP contribution >= 0.6 is 15.9 Å². The van der Waals surface area contributed by atoms with E-state index in [4.69, 9.17) is 14.2 Å². The van der Waals surface area contributed by atoms with Gasteiger partial charge < -0.3 is 14.2 Å². The molecule has 3 aromatic carbocycles. The Morgan fingerprint density at radius 2 is 1.39 bits per heavy atom. The topological polar surface area (TPSA) is 61.8 Å². The van der Waals surface area contributed by atoms with Gasteiger partial charge >= 0.3 is 11.9 Å². The molecule has 0 bridgehead atoms. The number of carbonyl (C=O) groups is 2. The fourth-order valence-corrected chi connectivity index (χ4v) is 3.97. The van der Waals surface area contributed by atoms with Crippen molar-refractivity contribution in [3.05, 3.63) is 105 Å². The third-order valence-corrected chi connectivity index (χ3v) is 6.18. The quantitative estimate of drug-likeness (QED) is 0.383. The molecule has 0 unspecified atom stereocenters. The molecule has 1 saturated heterocycles. The van der Waals surface area contributed by atoms with Crippen molar-refractivity contribution in [3.8, 4) is 0 Å². The lowest BCUT2D eigenvalue weighted by Crippen LogP contribution is -2.32. The Bertz CT molecular complexity index is 1110. The van der Waals surface area contributed by atoms with E-state index in [9.17, 15) is 9.59 Å². The van der Waals surface area contributed by atoms with Crippen LogP contribution < -0.4 is 0 Å². The molecule has 1 fully saturated rings. The van der Waals surface area contributed by atoms with E-state index < -0.39 is 24.1 Å². The first-order chi connectivity index (χ1) is 15.9. The predicted molar refractivity (Wildman–Crippen MR) is 128 cm³/mol. The van der Waals surface area contributed by atoms with E-state index in [-0.39, 0.29) is 12.7 Å². The third kappa shape index (κ3) is 5.89. The molecule has 3 atom stereocenters. The second kappa shape index (κ2) is 10.3. The molecular formula is C27H25BrO5. The Labute approximate surface area is 201 Å². The number of aryl methyl sites for hydroxylation is 2. The first-order valence-electron chi connectivity index (χ1n) is 10.8. The Morgan fingerprint density at radius 1 is 0.848 bits per heavy atom. The SMILES string of the molecule is Cc1ccc(C(=O)OC[C@H]2O[C@H](c3ccc(Br)cc3)C[C@@H]2OC(=O)c2ccc(C)cc2)cc1. The molecule has 170 valence electrons. The average molecular weight is 509 g/mol. The van der Waals surface area contributed by atoms with Crippen LogP contribution in [0.25, 0.3) is 0 Å². The average Bonchev–Trinajstić information content (AvgIpc) is 3.21. The number of ether oxygens (including phenoxy) is 3. The molecule has 6 heteroatoms. The minimum absolute atomic E-state index is 0.00835. The number of hydrogen-bond donors (Lipinski definition) is 0. The Hall–Kier alpha value is -2.96. The van der Waals surface area contributed by atoms with Crippen molar-refractivity contribution in [3.63, 3.8) is 0 Å². The normalized spacial score (nSPS) is 19.8. The summed E-state index contributed by atoms with van der Waals surface area (Å²) in [5, 5.41) is 0. The number of rotatable bonds is 6. The molecule has 3 aromatic rings. The maximum absolute atomic E-state index is 12.7. The van der Waals surface area contributed by atoms with Gasteiger partial charge in [-0.15, -0.1) is 0 Å². The summed E-state index contributed by atoms with van der Waals surface area (Å²) in [7, 11) is 0. The van der Waals surface area contributed by atoms with Crippen molar-refractivity contribution in [2.75, 3.05) is 6.61 Å². The molecule has 0 aliphatic carbocycles. The lowest BCUT2D eigenvalue weighted by molar-refractivity contribution is -0.0427. The second-order valence-corrected chi connectivity index (χ2v) is 9.14. The summed E-state index contributed by atoms with van der Waals surface area (Å²) in [5.41, 5.74) is 4.04. The van der Waals surface area contributed by atoms with Crippen molar-refractivity contribution in [2.24, 2.45) is 0 Å². The van der Waals surface area contributed by atoms with Gasteiger partial charge in [-0.1, -0.05) is 63.5 Å². The third-order valence-electron chi connectivity index (χ3n) is 5.65. The van der Waals surface area contributed by atoms with Crippen LogP contribution in [0, 0.1) is 13.8 Å². The van der Waals surface area contributed by atoms with Crippen LogP contribution in [-0.4, -0.2) is 30.8 Å². The van der Waals surface area contributed by atoms with Crippen LogP contribution in [0.2, 0.25) is 0 Å². The summed E-state index contributed by atoms with van der Waals surface area (Å²) < 4.78 is 18.5. The van der Waals surface area contributed by atoms with E-state index in [1.54, 1.807) is 24.3 Å². The highest BCUT2D eigenvalue weighted by molar-refractivity contribution is 9.10. The molecule has 0 saturated carbocycles. The van der Waals surface area contributed by atoms with Gasteiger partial charge in [0, 0.05) is 10.9 Å². The second-order valence-electron chi connectivity index (χ2n) is 8.22. The zero-order valence-corrected chi connectivity index (χ0v) is 20.1. The van der Waals surface area contributed by atoms with Gasteiger partial charge in [-0.2, -0.15) is 0 Å². The van der Waals surface area contributed by atoms with E-state index in [1.165, 1.54) is 0 Å². The Balaban J connectivity index is 1.47. The van der Waals surface area contributed by atoms with Crippen LogP contribution in [0.15, 0.2) is 77.3 Å². The maximum atomic E-state index is 12.7. The van der Waals surface area contributed by atoms with E-state index in [2.05, 4.69) is 15.9 Å². The lowest BCUT2D eigenvalue weighted by atomic mass is 10.0. The maximum Gasteiger partial charge on any atom is 0.338 e. The van der Waals surface area contributed by atoms with Crippen LogP contribution in [0.1, 0.15) is 49.9 Å². The van der Waals surface area contributed by atoms with Gasteiger partial charge in [-0.3, -0.25) is 0 Å². The highest BCUT2D eigenvalue weighted by Gasteiger charge is 2.39. The van der Waals surface area contributed by atoms with Crippen LogP contribution in [0.3, 0.4) is 0 Å². The van der Waals surface area contributed by atoms with Crippen LogP contribution in [0.5, 0.6) is 0 Å². The van der Waals surface area contributed by atoms with Crippen molar-refractivity contribution in [2.45, 2.75) is 38.6 Å². The lowest BCUT2D eigenvalue weighted by Gasteiger charge is -2.19. The summed E-state index contributed by atoms with van der Waals surface area (Å²) in [6.45, 7) is 3.91. The fraction of sp³-hybridized carbons (Fsp3) is 0.259. The van der Waals surface area contributed by atoms with Crippen LogP contribution in [-0.2, 0) is 14.2 Å². The summed E-state index contributed by atoms with van der Waals surface area (Å²) >= 11 is 3.44. The number of benzene rings is 3. The molecule has 5 nitrogen and oxygen atoms in total. The predicted octanol–water partition coefficient (Wildman–Crippen LogP) is 5.98. The van der Waals surface area contributed by atoms with E-state index in [0.717, 1.165) is 21.2 Å². The first-order valence-corrected chi connectivity index (χ1v) is 11.6. The van der Waals surface area contributed by atoms with E-state index >= 15 is 0 Å². The Kier molecular flexibility index (Phi) is 7.26. The standard InChI is InChI=1S/C27H25BrO5/c1-17-3-7-20(8-4-17)26(29)31-16-25-24(33-27(30)21-9-5-18(2)6-10-21)15-23(32-25)19-11-13-22(28)14-12-19/h3-14,23-25H,15-16H2,1-2H3/t23-,24-,25+/m0/s1. The highest BCUT2D eigenvalue weighted by atomic mass is 79.9. The largest absolute Gasteiger partial charge is 0.459 e. The van der Waals surface area contributed by atoms with Gasteiger partial charge in [0.25, 0.3) is 0 Å². The van der Waals surface area contributed by atoms with E-state index in [1.807, 2.05) is 62.4 Å². The summed E-state index contributed by atoms with van der Waals surface area (Å²) in [4.78, 5) is 25.2. The molecule has 0 radical (unpaired) electrons. The number of esters is 2. The fourth-order valence-electron chi connectivity index (χ4n) is 3.71. The number of carbonyl (C=O) groups excluding carboxylic acids is 2. The minimum Gasteiger partial charge on any atom is -0.459 e. The molecule has 33 heavy (non-hydrogen) atoms. The van der Waals surface area contributed by atoms with Gasteiger partial charge in [-0.25, -0.2) is 9.59 Å². The van der Waals surface area contributed by atoms with E-state index in [0.29, 0.717) is 17.5 Å². The molecule has 0 spiro atoms. The minimum atomic E-state index is -0.567. The first kappa shape index (κ1) is 23.2. The summed E-state index contributed by atoms with van der Waals surface area (Å²) in [5.74, 6) is -0.857. The zero-order valence-electron chi connectivity index (χ0n) is 18.5. The van der Waals surface area contributed by atoms with Crippen molar-refractivity contribution >= 4 is 27.9 Å². The molecule has 1 heterocycles. The molecule has 0 amide bonds. The molecule has 1 aliphatic rings. The van der Waals surface area contributed by atoms with Crippen LogP contribution in [0.4, 0.5) is 0 Å². The Morgan fingerprint density at radius 3 is 1.97 bits per heavy atom. The monoisotopic (exact) mass is 508 g/mol. The number of halogens is 1. The van der Waals surface area contributed by atoms with Gasteiger partial charge in [0.2, 0.25) is 0 Å². The van der Waals surface area contributed by atoms with Gasteiger partial charge in [-0.05, 0) is 55.8 Å². The molecule has 0 aromatic heterocycles. The number of hydrogen-bond acceptors (Lipinski definition) is 5. The van der Waals surface area contributed by atoms with Gasteiger partial charge in [0.05, 0.1) is 17.2 Å². The summed E-state index contributed by atoms with van der Waals surface area (Å²) in [6.07, 6.45) is -0.899. The molecule has 4 rings (SSSR count). The highest BCUT2D eigenvalue weighted by Crippen LogP contribution is 2.36. The van der Waals surface area contributed by atoms with Crippen molar-refractivity contribution in [1.82, 2.24) is 0 Å². The van der Waals surface area contributed by atoms with Crippen molar-refractivity contribution in [1.29, 1.82) is 0 Å². The van der Waals surface area contributed by atoms with Gasteiger partial charge in [0.15, 0.2) is 0 Å². The zero-order chi connectivity index (χ0) is 23.4. The molecule has 1 aliphatic heterocycles. The van der Waals surface area contributed by atoms with Gasteiger partial charge in [0.1, 0.15) is 18.8 Å².